The average Bonchev–Trinajstić information content (AvgIpc) is 2.63. The standard InChI is InChI=1S/C15H9BrClFN2S/c16-9-5-6-11-13(14(9)17)15(19-7-12(21)20-11)8-3-1-2-4-10(8)18/h1-6H,7H2,(H,20,21). The lowest BCUT2D eigenvalue weighted by molar-refractivity contribution is 0.625. The molecule has 0 radical (unpaired) electrons. The number of thiocarbonyl (C=S) groups is 1. The van der Waals surface area contributed by atoms with Crippen LogP contribution in [-0.4, -0.2) is 17.2 Å². The Morgan fingerprint density at radius 2 is 2.00 bits per heavy atom. The van der Waals surface area contributed by atoms with Crippen LogP contribution in [0.1, 0.15) is 11.1 Å². The van der Waals surface area contributed by atoms with Crippen molar-refractivity contribution in [3.05, 3.63) is 62.8 Å². The monoisotopic (exact) mass is 382 g/mol. The van der Waals surface area contributed by atoms with E-state index in [0.717, 1.165) is 10.2 Å². The minimum atomic E-state index is -0.342. The predicted octanol–water partition coefficient (Wildman–Crippen LogP) is 4.83. The van der Waals surface area contributed by atoms with Gasteiger partial charge < -0.3 is 5.32 Å². The molecule has 2 aromatic rings. The molecule has 0 saturated carbocycles. The molecule has 0 aliphatic carbocycles. The predicted molar refractivity (Wildman–Crippen MR) is 92.3 cm³/mol. The van der Waals surface area contributed by atoms with Crippen LogP contribution in [0.5, 0.6) is 0 Å². The van der Waals surface area contributed by atoms with Crippen LogP contribution in [-0.2, 0) is 0 Å². The average molecular weight is 384 g/mol. The molecule has 0 fully saturated rings. The Kier molecular flexibility index (Phi) is 4.06. The summed E-state index contributed by atoms with van der Waals surface area (Å²) in [7, 11) is 0. The second-order valence-corrected chi connectivity index (χ2v) is 6.20. The van der Waals surface area contributed by atoms with Gasteiger partial charge in [0.15, 0.2) is 0 Å². The molecule has 3 rings (SSSR count). The SMILES string of the molecule is Fc1ccccc1C1=NCC(=S)Nc2ccc(Br)c(Cl)c21. The van der Waals surface area contributed by atoms with Crippen molar-refractivity contribution >= 4 is 56.1 Å². The van der Waals surface area contributed by atoms with Gasteiger partial charge in [0.1, 0.15) is 10.8 Å². The highest BCUT2D eigenvalue weighted by molar-refractivity contribution is 9.10. The van der Waals surface area contributed by atoms with E-state index in [1.165, 1.54) is 6.07 Å². The lowest BCUT2D eigenvalue weighted by Crippen LogP contribution is -2.11. The van der Waals surface area contributed by atoms with Gasteiger partial charge in [-0.2, -0.15) is 0 Å². The van der Waals surface area contributed by atoms with Crippen molar-refractivity contribution in [1.82, 2.24) is 0 Å². The van der Waals surface area contributed by atoms with Crippen molar-refractivity contribution < 1.29 is 4.39 Å². The second-order valence-electron chi connectivity index (χ2n) is 4.48. The van der Waals surface area contributed by atoms with Crippen molar-refractivity contribution in [1.29, 1.82) is 0 Å². The third kappa shape index (κ3) is 2.73. The van der Waals surface area contributed by atoms with Gasteiger partial charge in [-0.1, -0.05) is 36.0 Å². The van der Waals surface area contributed by atoms with E-state index in [-0.39, 0.29) is 5.82 Å². The highest BCUT2D eigenvalue weighted by Crippen LogP contribution is 2.35. The lowest BCUT2D eigenvalue weighted by atomic mass is 10.00. The molecule has 2 nitrogen and oxygen atoms in total. The number of rotatable bonds is 1. The number of aliphatic imine (C=N–C) groups is 1. The normalized spacial score (nSPS) is 14.0. The summed E-state index contributed by atoms with van der Waals surface area (Å²) in [5.74, 6) is -0.342. The molecule has 1 aliphatic rings. The molecule has 6 heteroatoms. The zero-order valence-corrected chi connectivity index (χ0v) is 13.8. The molecule has 1 heterocycles. The molecule has 2 aromatic carbocycles. The molecular formula is C15H9BrClFN2S. The molecule has 0 unspecified atom stereocenters. The smallest absolute Gasteiger partial charge is 0.132 e. The zero-order valence-electron chi connectivity index (χ0n) is 10.7. The molecule has 0 bridgehead atoms. The van der Waals surface area contributed by atoms with E-state index < -0.39 is 0 Å². The largest absolute Gasteiger partial charge is 0.348 e. The van der Waals surface area contributed by atoms with Gasteiger partial charge in [0.2, 0.25) is 0 Å². The van der Waals surface area contributed by atoms with Gasteiger partial charge in [0.05, 0.1) is 17.3 Å². The number of benzene rings is 2. The lowest BCUT2D eigenvalue weighted by Gasteiger charge is -2.14. The van der Waals surface area contributed by atoms with Crippen molar-refractivity contribution in [2.75, 3.05) is 11.9 Å². The van der Waals surface area contributed by atoms with Crippen LogP contribution >= 0.6 is 39.7 Å². The number of halogens is 3. The van der Waals surface area contributed by atoms with E-state index in [1.807, 2.05) is 12.1 Å². The summed E-state index contributed by atoms with van der Waals surface area (Å²) in [5.41, 5.74) is 2.29. The zero-order chi connectivity index (χ0) is 15.0. The van der Waals surface area contributed by atoms with Gasteiger partial charge in [0, 0.05) is 21.3 Å². The van der Waals surface area contributed by atoms with Crippen molar-refractivity contribution in [3.8, 4) is 0 Å². The summed E-state index contributed by atoms with van der Waals surface area (Å²) in [4.78, 5) is 5.02. The molecule has 0 atom stereocenters. The van der Waals surface area contributed by atoms with Crippen LogP contribution in [0.4, 0.5) is 10.1 Å². The van der Waals surface area contributed by atoms with Crippen LogP contribution in [0.15, 0.2) is 45.9 Å². The Labute approximate surface area is 140 Å². The number of hydrogen-bond acceptors (Lipinski definition) is 2. The van der Waals surface area contributed by atoms with E-state index >= 15 is 0 Å². The van der Waals surface area contributed by atoms with Gasteiger partial charge >= 0.3 is 0 Å². The maximum absolute atomic E-state index is 14.1. The summed E-state index contributed by atoms with van der Waals surface area (Å²) in [6, 6.07) is 10.2. The maximum atomic E-state index is 14.1. The minimum Gasteiger partial charge on any atom is -0.348 e. The Hall–Kier alpha value is -1.30. The van der Waals surface area contributed by atoms with Gasteiger partial charge in [-0.15, -0.1) is 0 Å². The van der Waals surface area contributed by atoms with Gasteiger partial charge in [0.25, 0.3) is 0 Å². The van der Waals surface area contributed by atoms with Crippen LogP contribution in [0, 0.1) is 5.82 Å². The summed E-state index contributed by atoms with van der Waals surface area (Å²) in [6.07, 6.45) is 0. The van der Waals surface area contributed by atoms with E-state index in [2.05, 4.69) is 26.2 Å². The van der Waals surface area contributed by atoms with Gasteiger partial charge in [-0.05, 0) is 40.2 Å². The van der Waals surface area contributed by atoms with Crippen LogP contribution in [0.2, 0.25) is 5.02 Å². The first-order valence-corrected chi connectivity index (χ1v) is 7.73. The summed E-state index contributed by atoms with van der Waals surface area (Å²) >= 11 is 15.0. The highest BCUT2D eigenvalue weighted by Gasteiger charge is 2.22. The fraction of sp³-hybridized carbons (Fsp3) is 0.0667. The molecule has 0 aromatic heterocycles. The molecule has 21 heavy (non-hydrogen) atoms. The van der Waals surface area contributed by atoms with Gasteiger partial charge in [-0.3, -0.25) is 4.99 Å². The van der Waals surface area contributed by atoms with E-state index in [4.69, 9.17) is 23.8 Å². The Balaban J connectivity index is 2.30. The second kappa shape index (κ2) is 5.83. The molecule has 0 amide bonds. The summed E-state index contributed by atoms with van der Waals surface area (Å²) < 4.78 is 14.9. The number of hydrogen-bond donors (Lipinski definition) is 1. The summed E-state index contributed by atoms with van der Waals surface area (Å²) in [6.45, 7) is 0.293. The number of anilines is 1. The van der Waals surface area contributed by atoms with E-state index in [0.29, 0.717) is 33.4 Å². The van der Waals surface area contributed by atoms with Crippen molar-refractivity contribution in [2.24, 2.45) is 4.99 Å². The maximum Gasteiger partial charge on any atom is 0.132 e. The molecule has 106 valence electrons. The number of nitrogens with zero attached hydrogens (tertiary/aromatic N) is 1. The Bertz CT molecular complexity index is 776. The summed E-state index contributed by atoms with van der Waals surface area (Å²) in [5, 5.41) is 3.58. The molecule has 0 spiro atoms. The van der Waals surface area contributed by atoms with Crippen LogP contribution in [0.25, 0.3) is 0 Å². The topological polar surface area (TPSA) is 24.4 Å². The minimum absolute atomic E-state index is 0.293. The molecular weight excluding hydrogens is 375 g/mol. The Morgan fingerprint density at radius 3 is 2.76 bits per heavy atom. The third-order valence-corrected chi connectivity index (χ3v) is 4.63. The molecule has 1 aliphatic heterocycles. The Morgan fingerprint density at radius 1 is 1.24 bits per heavy atom. The van der Waals surface area contributed by atoms with Crippen molar-refractivity contribution in [2.45, 2.75) is 0 Å². The number of fused-ring (bicyclic) bond motifs is 1. The first-order chi connectivity index (χ1) is 10.1. The van der Waals surface area contributed by atoms with E-state index in [1.54, 1.807) is 18.2 Å². The fourth-order valence-electron chi connectivity index (χ4n) is 2.18. The molecule has 1 N–H and O–H groups in total. The third-order valence-electron chi connectivity index (χ3n) is 3.12. The molecule has 0 saturated heterocycles. The quantitative estimate of drug-likeness (QED) is 0.713. The fourth-order valence-corrected chi connectivity index (χ4v) is 2.94. The van der Waals surface area contributed by atoms with Crippen LogP contribution in [0.3, 0.4) is 0 Å². The van der Waals surface area contributed by atoms with Gasteiger partial charge in [-0.25, -0.2) is 4.39 Å². The van der Waals surface area contributed by atoms with E-state index in [9.17, 15) is 4.39 Å². The van der Waals surface area contributed by atoms with Crippen molar-refractivity contribution in [3.63, 3.8) is 0 Å². The van der Waals surface area contributed by atoms with Crippen LogP contribution < -0.4 is 5.32 Å². The first kappa shape index (κ1) is 14.6. The number of nitrogens with one attached hydrogen (secondary N) is 1. The first-order valence-electron chi connectivity index (χ1n) is 6.15. The highest BCUT2D eigenvalue weighted by atomic mass is 79.9. The number of benzodiazepines with no additional fused rings is 1.